The second-order valence-corrected chi connectivity index (χ2v) is 6.87. The lowest BCUT2D eigenvalue weighted by atomic mass is 10.1. The van der Waals surface area contributed by atoms with Crippen LogP contribution in [0.25, 0.3) is 11.0 Å². The van der Waals surface area contributed by atoms with Crippen LogP contribution in [0.1, 0.15) is 19.1 Å². The van der Waals surface area contributed by atoms with Crippen molar-refractivity contribution in [2.75, 3.05) is 23.9 Å². The number of aromatic nitrogens is 2. The Bertz CT molecular complexity index is 990. The van der Waals surface area contributed by atoms with Crippen LogP contribution in [0, 0.1) is 5.92 Å². The van der Waals surface area contributed by atoms with E-state index in [1.807, 2.05) is 19.1 Å². The van der Waals surface area contributed by atoms with Gasteiger partial charge >= 0.3 is 0 Å². The minimum atomic E-state index is -0.0109. The topological polar surface area (TPSA) is 80.5 Å². The van der Waals surface area contributed by atoms with Gasteiger partial charge in [-0.05, 0) is 18.6 Å². The van der Waals surface area contributed by atoms with E-state index in [1.54, 1.807) is 30.5 Å². The third-order valence-corrected chi connectivity index (χ3v) is 4.92. The fourth-order valence-corrected chi connectivity index (χ4v) is 3.48. The van der Waals surface area contributed by atoms with Crippen LogP contribution in [-0.4, -0.2) is 29.5 Å². The summed E-state index contributed by atoms with van der Waals surface area (Å²) in [5.41, 5.74) is 2.46. The summed E-state index contributed by atoms with van der Waals surface area (Å²) in [5, 5.41) is 3.58. The molecule has 4 heterocycles. The van der Waals surface area contributed by atoms with Gasteiger partial charge in [-0.15, -0.1) is 0 Å². The zero-order valence-electron chi connectivity index (χ0n) is 15.0. The van der Waals surface area contributed by atoms with Crippen molar-refractivity contribution in [2.24, 2.45) is 5.92 Å². The first-order valence-corrected chi connectivity index (χ1v) is 9.07. The quantitative estimate of drug-likeness (QED) is 0.670. The molecule has 4 rings (SSSR count). The number of amides is 1. The molecule has 27 heavy (non-hydrogen) atoms. The van der Waals surface area contributed by atoms with E-state index in [-0.39, 0.29) is 11.8 Å². The first-order chi connectivity index (χ1) is 13.1. The number of ether oxygens (including phenoxy) is 1. The van der Waals surface area contributed by atoms with Gasteiger partial charge in [0.25, 0.3) is 0 Å². The van der Waals surface area contributed by atoms with Crippen molar-refractivity contribution in [3.63, 3.8) is 0 Å². The van der Waals surface area contributed by atoms with Gasteiger partial charge in [0.05, 0.1) is 31.8 Å². The Balaban J connectivity index is 1.77. The smallest absolute Gasteiger partial charge is 0.230 e. The molecule has 0 radical (unpaired) electrons. The van der Waals surface area contributed by atoms with Crippen molar-refractivity contribution in [2.45, 2.75) is 19.9 Å². The number of methoxy groups -OCH3 is 1. The number of anilines is 2. The molecule has 0 bridgehead atoms. The van der Waals surface area contributed by atoms with Gasteiger partial charge in [-0.2, -0.15) is 0 Å². The van der Waals surface area contributed by atoms with Crippen LogP contribution in [0.2, 0.25) is 5.15 Å². The molecule has 140 valence electrons. The fourth-order valence-electron chi connectivity index (χ4n) is 3.29. The summed E-state index contributed by atoms with van der Waals surface area (Å²) < 4.78 is 11.0. The molecule has 0 unspecified atom stereocenters. The van der Waals surface area contributed by atoms with E-state index >= 15 is 0 Å². The Morgan fingerprint density at radius 1 is 1.44 bits per heavy atom. The van der Waals surface area contributed by atoms with E-state index in [0.717, 1.165) is 12.2 Å². The largest absolute Gasteiger partial charge is 0.492 e. The first kappa shape index (κ1) is 17.6. The van der Waals surface area contributed by atoms with Gasteiger partial charge in [0.15, 0.2) is 5.75 Å². The van der Waals surface area contributed by atoms with Gasteiger partial charge in [-0.1, -0.05) is 18.5 Å². The Hall–Kier alpha value is -2.80. The van der Waals surface area contributed by atoms with E-state index in [4.69, 9.17) is 20.8 Å². The van der Waals surface area contributed by atoms with Crippen LogP contribution < -0.4 is 15.0 Å². The predicted octanol–water partition coefficient (Wildman–Crippen LogP) is 3.87. The Labute approximate surface area is 161 Å². The number of pyridine rings is 2. The molecule has 7 nitrogen and oxygen atoms in total. The number of hydrogen-bond donors (Lipinski definition) is 1. The highest BCUT2D eigenvalue weighted by molar-refractivity contribution is 6.30. The molecule has 0 saturated carbocycles. The lowest BCUT2D eigenvalue weighted by molar-refractivity contribution is -0.119. The molecule has 8 heteroatoms. The molecular weight excluding hydrogens is 368 g/mol. The van der Waals surface area contributed by atoms with Crippen LogP contribution >= 0.6 is 11.6 Å². The molecule has 1 amide bonds. The SMILES string of the molecule is COc1c(N2CC[C@H](C)C2=O)cnc2c(NCc3ccco3)cc(Cl)nc12. The number of fused-ring (bicyclic) bond motifs is 1. The van der Waals surface area contributed by atoms with Gasteiger partial charge < -0.3 is 19.4 Å². The molecule has 0 aliphatic carbocycles. The Morgan fingerprint density at radius 2 is 2.30 bits per heavy atom. The van der Waals surface area contributed by atoms with Gasteiger partial charge in [0, 0.05) is 18.5 Å². The highest BCUT2D eigenvalue weighted by atomic mass is 35.5. The number of carbonyl (C=O) groups is 1. The van der Waals surface area contributed by atoms with Crippen LogP contribution in [0.5, 0.6) is 5.75 Å². The third kappa shape index (κ3) is 3.19. The van der Waals surface area contributed by atoms with E-state index < -0.39 is 0 Å². The standard InChI is InChI=1S/C19H19ClN4O3/c1-11-5-6-24(19(11)25)14-10-22-16-13(21-9-12-4-3-7-27-12)8-15(20)23-17(16)18(14)26-2/h3-4,7-8,10-11H,5-6,9H2,1-2H3,(H,21,23)/t11-/m0/s1. The predicted molar refractivity (Wildman–Crippen MR) is 103 cm³/mol. The van der Waals surface area contributed by atoms with Crippen molar-refractivity contribution in [1.82, 2.24) is 9.97 Å². The lowest BCUT2D eigenvalue weighted by Gasteiger charge is -2.20. The minimum absolute atomic E-state index is 0.0109. The van der Waals surface area contributed by atoms with Crippen molar-refractivity contribution in [1.29, 1.82) is 0 Å². The molecule has 3 aromatic rings. The van der Waals surface area contributed by atoms with E-state index in [2.05, 4.69) is 15.3 Å². The molecule has 1 atom stereocenters. The van der Waals surface area contributed by atoms with Gasteiger partial charge in [-0.25, -0.2) is 9.97 Å². The molecule has 1 fully saturated rings. The first-order valence-electron chi connectivity index (χ1n) is 8.69. The number of nitrogens with one attached hydrogen (secondary N) is 1. The summed E-state index contributed by atoms with van der Waals surface area (Å²) in [6, 6.07) is 5.42. The number of carbonyl (C=O) groups excluding carboxylic acids is 1. The Kier molecular flexibility index (Phi) is 4.61. The molecule has 1 N–H and O–H groups in total. The van der Waals surface area contributed by atoms with Crippen LogP contribution in [-0.2, 0) is 11.3 Å². The summed E-state index contributed by atoms with van der Waals surface area (Å²) in [6.07, 6.45) is 4.08. The minimum Gasteiger partial charge on any atom is -0.492 e. The van der Waals surface area contributed by atoms with Crippen molar-refractivity contribution < 1.29 is 13.9 Å². The van der Waals surface area contributed by atoms with Crippen molar-refractivity contribution in [3.05, 3.63) is 41.6 Å². The highest BCUT2D eigenvalue weighted by Gasteiger charge is 2.32. The van der Waals surface area contributed by atoms with E-state index in [9.17, 15) is 4.79 Å². The zero-order chi connectivity index (χ0) is 19.0. The van der Waals surface area contributed by atoms with E-state index in [1.165, 1.54) is 0 Å². The highest BCUT2D eigenvalue weighted by Crippen LogP contribution is 2.39. The third-order valence-electron chi connectivity index (χ3n) is 4.73. The maximum Gasteiger partial charge on any atom is 0.230 e. The van der Waals surface area contributed by atoms with Gasteiger partial charge in [0.1, 0.15) is 27.6 Å². The normalized spacial score (nSPS) is 16.9. The van der Waals surface area contributed by atoms with E-state index in [0.29, 0.717) is 46.4 Å². The summed E-state index contributed by atoms with van der Waals surface area (Å²) in [5.74, 6) is 1.33. The average molecular weight is 387 g/mol. The number of nitrogens with zero attached hydrogens (tertiary/aromatic N) is 3. The number of rotatable bonds is 5. The number of furan rings is 1. The molecule has 3 aromatic heterocycles. The summed E-state index contributed by atoms with van der Waals surface area (Å²) in [4.78, 5) is 23.1. The van der Waals surface area contributed by atoms with Crippen LogP contribution in [0.3, 0.4) is 0 Å². The maximum absolute atomic E-state index is 12.5. The van der Waals surface area contributed by atoms with Gasteiger partial charge in [-0.3, -0.25) is 4.79 Å². The molecule has 0 spiro atoms. The molecule has 1 aliphatic heterocycles. The van der Waals surface area contributed by atoms with Crippen molar-refractivity contribution in [3.8, 4) is 5.75 Å². The molecule has 1 aliphatic rings. The fraction of sp³-hybridized carbons (Fsp3) is 0.316. The number of halogens is 1. The van der Waals surface area contributed by atoms with Gasteiger partial charge in [0.2, 0.25) is 5.91 Å². The second kappa shape index (κ2) is 7.08. The van der Waals surface area contributed by atoms with Crippen LogP contribution in [0.4, 0.5) is 11.4 Å². The average Bonchev–Trinajstić information content (AvgIpc) is 3.29. The lowest BCUT2D eigenvalue weighted by Crippen LogP contribution is -2.26. The van der Waals surface area contributed by atoms with Crippen LogP contribution in [0.15, 0.2) is 35.1 Å². The molecular formula is C19H19ClN4O3. The molecule has 0 aromatic carbocycles. The van der Waals surface area contributed by atoms with Crippen molar-refractivity contribution >= 4 is 39.9 Å². The summed E-state index contributed by atoms with van der Waals surface area (Å²) >= 11 is 6.24. The Morgan fingerprint density at radius 3 is 2.96 bits per heavy atom. The zero-order valence-corrected chi connectivity index (χ0v) is 15.8. The monoisotopic (exact) mass is 386 g/mol. The molecule has 1 saturated heterocycles. The maximum atomic E-state index is 12.5. The summed E-state index contributed by atoms with van der Waals surface area (Å²) in [7, 11) is 1.56. The second-order valence-electron chi connectivity index (χ2n) is 6.48. The summed E-state index contributed by atoms with van der Waals surface area (Å²) in [6.45, 7) is 3.04. The number of hydrogen-bond acceptors (Lipinski definition) is 6.